The first-order valence-corrected chi connectivity index (χ1v) is 7.48. The summed E-state index contributed by atoms with van der Waals surface area (Å²) >= 11 is 5.86. The molecule has 1 aliphatic heterocycles. The van der Waals surface area contributed by atoms with E-state index < -0.39 is 0 Å². The zero-order chi connectivity index (χ0) is 14.8. The van der Waals surface area contributed by atoms with Gasteiger partial charge >= 0.3 is 0 Å². The molecule has 0 radical (unpaired) electrons. The normalized spacial score (nSPS) is 23.4. The largest absolute Gasteiger partial charge is 0.419 e. The van der Waals surface area contributed by atoms with Crippen molar-refractivity contribution in [3.63, 3.8) is 0 Å². The first-order chi connectivity index (χ1) is 10.1. The number of likely N-dealkylation sites (tertiary alicyclic amines) is 1. The summed E-state index contributed by atoms with van der Waals surface area (Å²) in [6.07, 6.45) is 0.591. The second-order valence-electron chi connectivity index (χ2n) is 5.58. The topological polar surface area (TPSA) is 62.4 Å². The van der Waals surface area contributed by atoms with Gasteiger partial charge in [-0.15, -0.1) is 10.2 Å². The summed E-state index contributed by atoms with van der Waals surface area (Å²) in [4.78, 5) is 2.23. The highest BCUT2D eigenvalue weighted by molar-refractivity contribution is 6.30. The van der Waals surface area contributed by atoms with Crippen molar-refractivity contribution in [1.29, 1.82) is 0 Å². The third kappa shape index (κ3) is 3.43. The summed E-state index contributed by atoms with van der Waals surface area (Å²) in [5.41, 5.74) is 0.862. The number of hydrogen-bond donors (Lipinski definition) is 1. The van der Waals surface area contributed by atoms with Crippen molar-refractivity contribution in [1.82, 2.24) is 15.1 Å². The van der Waals surface area contributed by atoms with Crippen molar-refractivity contribution < 1.29 is 9.52 Å². The van der Waals surface area contributed by atoms with E-state index in [0.29, 0.717) is 23.3 Å². The molecule has 1 saturated heterocycles. The summed E-state index contributed by atoms with van der Waals surface area (Å²) < 4.78 is 5.70. The van der Waals surface area contributed by atoms with Crippen molar-refractivity contribution in [2.75, 3.05) is 13.1 Å². The van der Waals surface area contributed by atoms with Gasteiger partial charge in [-0.3, -0.25) is 4.90 Å². The summed E-state index contributed by atoms with van der Waals surface area (Å²) in [5.74, 6) is 1.38. The minimum absolute atomic E-state index is 0.200. The van der Waals surface area contributed by atoms with Crippen molar-refractivity contribution in [3.05, 3.63) is 35.2 Å². The maximum absolute atomic E-state index is 9.75. The number of rotatable bonds is 3. The lowest BCUT2D eigenvalue weighted by Crippen LogP contribution is -2.41. The lowest BCUT2D eigenvalue weighted by molar-refractivity contribution is 0.0290. The van der Waals surface area contributed by atoms with Gasteiger partial charge in [0.1, 0.15) is 0 Å². The number of benzene rings is 1. The van der Waals surface area contributed by atoms with E-state index in [1.165, 1.54) is 0 Å². The predicted molar refractivity (Wildman–Crippen MR) is 79.8 cm³/mol. The molecule has 0 amide bonds. The fourth-order valence-electron chi connectivity index (χ4n) is 2.58. The van der Waals surface area contributed by atoms with E-state index in [1.54, 1.807) is 12.1 Å². The average molecular weight is 308 g/mol. The summed E-state index contributed by atoms with van der Waals surface area (Å²) in [6.45, 7) is 4.38. The maximum Gasteiger partial charge on any atom is 0.247 e. The Bertz CT molecular complexity index is 599. The van der Waals surface area contributed by atoms with Crippen LogP contribution in [0.25, 0.3) is 11.5 Å². The van der Waals surface area contributed by atoms with Gasteiger partial charge in [-0.25, -0.2) is 0 Å². The van der Waals surface area contributed by atoms with Gasteiger partial charge in [0.05, 0.1) is 12.6 Å². The van der Waals surface area contributed by atoms with E-state index in [-0.39, 0.29) is 12.0 Å². The molecule has 0 bridgehead atoms. The molecule has 3 rings (SSSR count). The zero-order valence-electron chi connectivity index (χ0n) is 11.9. The van der Waals surface area contributed by atoms with Crippen LogP contribution < -0.4 is 0 Å². The number of hydrogen-bond acceptors (Lipinski definition) is 5. The fourth-order valence-corrected chi connectivity index (χ4v) is 2.71. The molecule has 1 aromatic carbocycles. The molecule has 21 heavy (non-hydrogen) atoms. The Morgan fingerprint density at radius 2 is 2.10 bits per heavy atom. The van der Waals surface area contributed by atoms with Gasteiger partial charge in [0.25, 0.3) is 0 Å². The van der Waals surface area contributed by atoms with E-state index in [9.17, 15) is 5.11 Å². The van der Waals surface area contributed by atoms with Gasteiger partial charge in [0.15, 0.2) is 0 Å². The van der Waals surface area contributed by atoms with Crippen LogP contribution in [0.15, 0.2) is 28.7 Å². The maximum atomic E-state index is 9.75. The fraction of sp³-hybridized carbons (Fsp3) is 0.467. The van der Waals surface area contributed by atoms with Gasteiger partial charge in [-0.1, -0.05) is 18.5 Å². The van der Waals surface area contributed by atoms with Crippen LogP contribution in [-0.4, -0.2) is 39.4 Å². The molecule has 1 N–H and O–H groups in total. The minimum atomic E-state index is -0.200. The minimum Gasteiger partial charge on any atom is -0.419 e. The summed E-state index contributed by atoms with van der Waals surface area (Å²) in [6, 6.07) is 7.32. The average Bonchev–Trinajstić information content (AvgIpc) is 2.92. The Kier molecular flexibility index (Phi) is 4.24. The molecule has 1 aromatic heterocycles. The summed E-state index contributed by atoms with van der Waals surface area (Å²) in [5, 5.41) is 18.6. The van der Waals surface area contributed by atoms with Crippen LogP contribution in [0.1, 0.15) is 19.2 Å². The molecule has 0 saturated carbocycles. The van der Waals surface area contributed by atoms with Crippen LogP contribution in [-0.2, 0) is 6.54 Å². The van der Waals surface area contributed by atoms with Crippen molar-refractivity contribution in [3.8, 4) is 11.5 Å². The Morgan fingerprint density at radius 3 is 2.81 bits per heavy atom. The van der Waals surface area contributed by atoms with Crippen LogP contribution in [0.2, 0.25) is 5.02 Å². The third-order valence-corrected chi connectivity index (χ3v) is 4.11. The molecule has 1 fully saturated rings. The van der Waals surface area contributed by atoms with E-state index in [2.05, 4.69) is 22.0 Å². The second-order valence-corrected chi connectivity index (χ2v) is 6.01. The van der Waals surface area contributed by atoms with Crippen LogP contribution in [0, 0.1) is 5.92 Å². The van der Waals surface area contributed by atoms with Gasteiger partial charge in [0, 0.05) is 23.7 Å². The highest BCUT2D eigenvalue weighted by atomic mass is 35.5. The van der Waals surface area contributed by atoms with Gasteiger partial charge in [-0.05, 0) is 36.6 Å². The number of piperidine rings is 1. The van der Waals surface area contributed by atoms with Crippen LogP contribution in [0.3, 0.4) is 0 Å². The Labute approximate surface area is 128 Å². The number of aromatic nitrogens is 2. The lowest BCUT2D eigenvalue weighted by atomic mass is 9.97. The van der Waals surface area contributed by atoms with Crippen LogP contribution in [0.4, 0.5) is 0 Å². The number of halogens is 1. The Morgan fingerprint density at radius 1 is 1.33 bits per heavy atom. The van der Waals surface area contributed by atoms with Gasteiger partial charge < -0.3 is 9.52 Å². The Hall–Kier alpha value is -1.43. The molecule has 2 heterocycles. The molecular formula is C15H18ClN3O2. The second kappa shape index (κ2) is 6.13. The molecule has 2 aromatic rings. The molecule has 0 aliphatic carbocycles. The monoisotopic (exact) mass is 307 g/mol. The highest BCUT2D eigenvalue weighted by Gasteiger charge is 2.25. The summed E-state index contributed by atoms with van der Waals surface area (Å²) in [7, 11) is 0. The van der Waals surface area contributed by atoms with E-state index in [0.717, 1.165) is 25.1 Å². The molecule has 1 aliphatic rings. The first-order valence-electron chi connectivity index (χ1n) is 7.10. The molecular weight excluding hydrogens is 290 g/mol. The predicted octanol–water partition coefficient (Wildman–Crippen LogP) is 2.59. The molecule has 112 valence electrons. The van der Waals surface area contributed by atoms with Crippen LogP contribution in [0.5, 0.6) is 0 Å². The number of aliphatic hydroxyl groups excluding tert-OH is 1. The number of nitrogens with zero attached hydrogens (tertiary/aromatic N) is 3. The van der Waals surface area contributed by atoms with Gasteiger partial charge in [-0.2, -0.15) is 0 Å². The molecule has 0 spiro atoms. The smallest absolute Gasteiger partial charge is 0.247 e. The van der Waals surface area contributed by atoms with Crippen molar-refractivity contribution >= 4 is 11.6 Å². The molecule has 2 unspecified atom stereocenters. The van der Waals surface area contributed by atoms with Crippen molar-refractivity contribution in [2.24, 2.45) is 5.92 Å². The quantitative estimate of drug-likeness (QED) is 0.944. The van der Waals surface area contributed by atoms with E-state index >= 15 is 0 Å². The highest BCUT2D eigenvalue weighted by Crippen LogP contribution is 2.22. The lowest BCUT2D eigenvalue weighted by Gasteiger charge is -2.33. The molecule has 2 atom stereocenters. The molecule has 5 nitrogen and oxygen atoms in total. The van der Waals surface area contributed by atoms with Crippen LogP contribution >= 0.6 is 11.6 Å². The third-order valence-electron chi connectivity index (χ3n) is 3.86. The van der Waals surface area contributed by atoms with E-state index in [1.807, 2.05) is 12.1 Å². The van der Waals surface area contributed by atoms with E-state index in [4.69, 9.17) is 16.0 Å². The SMILES string of the molecule is CC1CN(Cc2nnc(-c3ccc(Cl)cc3)o2)CCC1O. The zero-order valence-corrected chi connectivity index (χ0v) is 12.6. The number of aliphatic hydroxyl groups is 1. The standard InChI is InChI=1S/C15H18ClN3O2/c1-10-8-19(7-6-13(10)20)9-14-17-18-15(21-14)11-2-4-12(16)5-3-11/h2-5,10,13,20H,6-9H2,1H3. The van der Waals surface area contributed by atoms with Gasteiger partial charge in [0.2, 0.25) is 11.8 Å². The first kappa shape index (κ1) is 14.5. The van der Waals surface area contributed by atoms with Crippen molar-refractivity contribution in [2.45, 2.75) is 26.0 Å². The Balaban J connectivity index is 1.66. The molecule has 6 heteroatoms.